The predicted octanol–water partition coefficient (Wildman–Crippen LogP) is 4.36. The Balaban J connectivity index is 2.58. The summed E-state index contributed by atoms with van der Waals surface area (Å²) in [7, 11) is 1.91. The van der Waals surface area contributed by atoms with Gasteiger partial charge in [0.1, 0.15) is 5.82 Å². The molecule has 0 bridgehead atoms. The van der Waals surface area contributed by atoms with Crippen molar-refractivity contribution in [3.8, 4) is 11.4 Å². The van der Waals surface area contributed by atoms with Crippen LogP contribution < -0.4 is 5.32 Å². The highest BCUT2D eigenvalue weighted by atomic mass is 127. The molecule has 1 aromatic heterocycles. The van der Waals surface area contributed by atoms with Gasteiger partial charge in [-0.3, -0.25) is 0 Å². The van der Waals surface area contributed by atoms with Crippen LogP contribution in [-0.4, -0.2) is 17.0 Å². The van der Waals surface area contributed by atoms with Crippen LogP contribution in [0, 0.1) is 17.4 Å². The predicted molar refractivity (Wildman–Crippen MR) is 93.2 cm³/mol. The molecule has 1 N–H and O–H groups in total. The fourth-order valence-electron chi connectivity index (χ4n) is 2.25. The van der Waals surface area contributed by atoms with Crippen LogP contribution in [-0.2, 0) is 6.42 Å². The van der Waals surface area contributed by atoms with E-state index in [1.54, 1.807) is 0 Å². The van der Waals surface area contributed by atoms with E-state index in [1.165, 1.54) is 11.1 Å². The third kappa shape index (κ3) is 3.11. The first-order chi connectivity index (χ1) is 9.56. The fraction of sp³-hybridized carbons (Fsp3) is 0.375. The zero-order valence-electron chi connectivity index (χ0n) is 12.4. The smallest absolute Gasteiger partial charge is 0.162 e. The number of nitrogens with zero attached hydrogens (tertiary/aromatic N) is 2. The molecule has 0 atom stereocenters. The molecule has 2 aromatic rings. The van der Waals surface area contributed by atoms with E-state index < -0.39 is 0 Å². The summed E-state index contributed by atoms with van der Waals surface area (Å²) in [5.41, 5.74) is 4.72. The molecule has 20 heavy (non-hydrogen) atoms. The van der Waals surface area contributed by atoms with Crippen molar-refractivity contribution in [2.75, 3.05) is 12.4 Å². The molecule has 0 spiro atoms. The van der Waals surface area contributed by atoms with Gasteiger partial charge in [-0.15, -0.1) is 0 Å². The molecule has 0 aliphatic carbocycles. The van der Waals surface area contributed by atoms with Gasteiger partial charge in [0, 0.05) is 12.6 Å². The third-order valence-electron chi connectivity index (χ3n) is 3.27. The van der Waals surface area contributed by atoms with Crippen molar-refractivity contribution in [2.45, 2.75) is 33.6 Å². The Hall–Kier alpha value is -1.17. The molecule has 0 amide bonds. The quantitative estimate of drug-likeness (QED) is 0.800. The number of aryl methyl sites for hydroxylation is 3. The molecule has 0 aliphatic heterocycles. The van der Waals surface area contributed by atoms with E-state index in [9.17, 15) is 0 Å². The topological polar surface area (TPSA) is 37.8 Å². The summed E-state index contributed by atoms with van der Waals surface area (Å²) in [6.45, 7) is 6.39. The molecule has 1 aromatic carbocycles. The fourth-order valence-corrected chi connectivity index (χ4v) is 3.03. The van der Waals surface area contributed by atoms with Crippen LogP contribution in [0.1, 0.15) is 30.2 Å². The maximum atomic E-state index is 4.77. The number of anilines is 1. The van der Waals surface area contributed by atoms with Crippen LogP contribution in [0.5, 0.6) is 0 Å². The summed E-state index contributed by atoms with van der Waals surface area (Å²) in [4.78, 5) is 9.44. The Morgan fingerprint density at radius 3 is 2.55 bits per heavy atom. The summed E-state index contributed by atoms with van der Waals surface area (Å²) in [6.07, 6.45) is 2.07. The minimum absolute atomic E-state index is 0.815. The number of halogens is 1. The zero-order chi connectivity index (χ0) is 14.7. The van der Waals surface area contributed by atoms with Crippen molar-refractivity contribution >= 4 is 28.4 Å². The minimum Gasteiger partial charge on any atom is -0.372 e. The van der Waals surface area contributed by atoms with Gasteiger partial charge in [0.2, 0.25) is 0 Å². The largest absolute Gasteiger partial charge is 0.372 e. The molecule has 1 heterocycles. The molecule has 4 heteroatoms. The summed E-state index contributed by atoms with van der Waals surface area (Å²) in [6, 6.07) is 6.40. The van der Waals surface area contributed by atoms with Gasteiger partial charge in [-0.1, -0.05) is 37.1 Å². The number of hydrogen-bond donors (Lipinski definition) is 1. The highest BCUT2D eigenvalue weighted by molar-refractivity contribution is 14.1. The Kier molecular flexibility index (Phi) is 4.96. The first-order valence-corrected chi connectivity index (χ1v) is 7.96. The lowest BCUT2D eigenvalue weighted by atomic mass is 10.0. The van der Waals surface area contributed by atoms with Gasteiger partial charge in [-0.05, 0) is 48.4 Å². The number of aromatic nitrogens is 2. The molecule has 0 saturated carbocycles. The highest BCUT2D eigenvalue weighted by Crippen LogP contribution is 2.27. The number of hydrogen-bond acceptors (Lipinski definition) is 3. The molecule has 0 saturated heterocycles. The van der Waals surface area contributed by atoms with Crippen molar-refractivity contribution in [3.05, 3.63) is 38.6 Å². The van der Waals surface area contributed by atoms with Crippen molar-refractivity contribution in [1.29, 1.82) is 0 Å². The van der Waals surface area contributed by atoms with Crippen LogP contribution in [0.25, 0.3) is 11.4 Å². The molecule has 106 valence electrons. The van der Waals surface area contributed by atoms with Crippen molar-refractivity contribution in [2.24, 2.45) is 0 Å². The van der Waals surface area contributed by atoms with Crippen molar-refractivity contribution in [1.82, 2.24) is 9.97 Å². The van der Waals surface area contributed by atoms with E-state index in [1.807, 2.05) is 7.05 Å². The van der Waals surface area contributed by atoms with Gasteiger partial charge in [0.05, 0.1) is 9.26 Å². The number of rotatable bonds is 4. The highest BCUT2D eigenvalue weighted by Gasteiger charge is 2.13. The minimum atomic E-state index is 0.815. The lowest BCUT2D eigenvalue weighted by Gasteiger charge is -2.12. The van der Waals surface area contributed by atoms with E-state index in [0.29, 0.717) is 0 Å². The molecule has 0 aliphatic rings. The monoisotopic (exact) mass is 381 g/mol. The van der Waals surface area contributed by atoms with E-state index in [4.69, 9.17) is 4.98 Å². The SMILES string of the molecule is CCCc1nc(-c2ccc(C)cc2C)nc(NC)c1I. The van der Waals surface area contributed by atoms with Gasteiger partial charge in [0.25, 0.3) is 0 Å². The molecule has 2 rings (SSSR count). The average molecular weight is 381 g/mol. The zero-order valence-corrected chi connectivity index (χ0v) is 14.6. The second kappa shape index (κ2) is 6.52. The van der Waals surface area contributed by atoms with Crippen LogP contribution >= 0.6 is 22.6 Å². The maximum Gasteiger partial charge on any atom is 0.162 e. The van der Waals surface area contributed by atoms with Crippen molar-refractivity contribution < 1.29 is 0 Å². The Morgan fingerprint density at radius 2 is 1.95 bits per heavy atom. The Morgan fingerprint density at radius 1 is 1.20 bits per heavy atom. The van der Waals surface area contributed by atoms with E-state index >= 15 is 0 Å². The third-order valence-corrected chi connectivity index (χ3v) is 4.40. The van der Waals surface area contributed by atoms with Gasteiger partial charge >= 0.3 is 0 Å². The average Bonchev–Trinajstić information content (AvgIpc) is 2.41. The molecular formula is C16H20IN3. The van der Waals surface area contributed by atoms with E-state index in [0.717, 1.165) is 39.3 Å². The normalized spacial score (nSPS) is 10.7. The van der Waals surface area contributed by atoms with E-state index in [-0.39, 0.29) is 0 Å². The lowest BCUT2D eigenvalue weighted by molar-refractivity contribution is 0.868. The lowest BCUT2D eigenvalue weighted by Crippen LogP contribution is -2.06. The van der Waals surface area contributed by atoms with Gasteiger partial charge in [-0.2, -0.15) is 0 Å². The van der Waals surface area contributed by atoms with E-state index in [2.05, 4.69) is 71.9 Å². The molecule has 3 nitrogen and oxygen atoms in total. The van der Waals surface area contributed by atoms with Gasteiger partial charge < -0.3 is 5.32 Å². The standard InChI is InChI=1S/C16H20IN3/c1-5-6-13-14(17)16(18-4)20-15(19-13)12-8-7-10(2)9-11(12)3/h7-9H,5-6H2,1-4H3,(H,18,19,20). The van der Waals surface area contributed by atoms with Crippen molar-refractivity contribution in [3.63, 3.8) is 0 Å². The maximum absolute atomic E-state index is 4.77. The van der Waals surface area contributed by atoms with Crippen LogP contribution in [0.4, 0.5) is 5.82 Å². The van der Waals surface area contributed by atoms with Crippen LogP contribution in [0.2, 0.25) is 0 Å². The summed E-state index contributed by atoms with van der Waals surface area (Å²) in [5, 5.41) is 3.18. The Bertz CT molecular complexity index is 623. The van der Waals surface area contributed by atoms with Crippen LogP contribution in [0.15, 0.2) is 18.2 Å². The number of nitrogens with one attached hydrogen (secondary N) is 1. The van der Waals surface area contributed by atoms with Crippen LogP contribution in [0.3, 0.4) is 0 Å². The molecule has 0 radical (unpaired) electrons. The second-order valence-electron chi connectivity index (χ2n) is 4.97. The summed E-state index contributed by atoms with van der Waals surface area (Å²) in [5.74, 6) is 1.73. The first kappa shape index (κ1) is 15.2. The Labute approximate surface area is 134 Å². The van der Waals surface area contributed by atoms with Gasteiger partial charge in [0.15, 0.2) is 5.82 Å². The second-order valence-corrected chi connectivity index (χ2v) is 6.05. The summed E-state index contributed by atoms with van der Waals surface area (Å²) >= 11 is 2.33. The first-order valence-electron chi connectivity index (χ1n) is 6.88. The molecule has 0 unspecified atom stereocenters. The summed E-state index contributed by atoms with van der Waals surface area (Å²) < 4.78 is 1.13. The molecule has 0 fully saturated rings. The molecular weight excluding hydrogens is 361 g/mol. The number of benzene rings is 1. The van der Waals surface area contributed by atoms with Gasteiger partial charge in [-0.25, -0.2) is 9.97 Å².